The molecular formula is C16H15NO7. The van der Waals surface area contributed by atoms with Crippen molar-refractivity contribution in [1.82, 2.24) is 5.06 Å². The van der Waals surface area contributed by atoms with E-state index in [2.05, 4.69) is 4.74 Å². The lowest BCUT2D eigenvalue weighted by atomic mass is 10.0. The fourth-order valence-corrected chi connectivity index (χ4v) is 2.78. The molecule has 0 aromatic heterocycles. The van der Waals surface area contributed by atoms with Crippen molar-refractivity contribution in [1.29, 1.82) is 0 Å². The predicted molar refractivity (Wildman–Crippen MR) is 77.5 cm³/mol. The monoisotopic (exact) mass is 333 g/mol. The molecule has 0 radical (unpaired) electrons. The maximum atomic E-state index is 12.2. The van der Waals surface area contributed by atoms with Gasteiger partial charge < -0.3 is 14.3 Å². The number of esters is 1. The van der Waals surface area contributed by atoms with E-state index in [1.807, 2.05) is 0 Å². The number of fused-ring (bicyclic) bond motifs is 1. The van der Waals surface area contributed by atoms with Crippen molar-refractivity contribution >= 4 is 23.8 Å². The summed E-state index contributed by atoms with van der Waals surface area (Å²) in [6.07, 6.45) is -1.70. The molecule has 8 nitrogen and oxygen atoms in total. The Hall–Kier alpha value is -2.74. The standard InChI is InChI=1S/C16H15NO7/c1-8-7-11(23-12(8)16(21)22-2)15(20)24-17-13(18)9-5-3-4-6-10(9)14(17)19/h3-6,8,11-12H,7H2,1-2H3/t8-,11-,12-/m1/s1. The van der Waals surface area contributed by atoms with E-state index in [0.29, 0.717) is 5.06 Å². The van der Waals surface area contributed by atoms with Gasteiger partial charge in [-0.1, -0.05) is 24.1 Å². The second kappa shape index (κ2) is 6.04. The van der Waals surface area contributed by atoms with Gasteiger partial charge in [0.1, 0.15) is 0 Å². The van der Waals surface area contributed by atoms with Gasteiger partial charge >= 0.3 is 11.9 Å². The molecule has 2 aliphatic rings. The zero-order valence-corrected chi connectivity index (χ0v) is 13.1. The topological polar surface area (TPSA) is 99.2 Å². The lowest BCUT2D eigenvalue weighted by Crippen LogP contribution is -2.37. The van der Waals surface area contributed by atoms with Crippen LogP contribution in [-0.2, 0) is 23.9 Å². The lowest BCUT2D eigenvalue weighted by molar-refractivity contribution is -0.183. The molecule has 3 atom stereocenters. The van der Waals surface area contributed by atoms with Crippen molar-refractivity contribution in [3.63, 3.8) is 0 Å². The Morgan fingerprint density at radius 1 is 1.12 bits per heavy atom. The number of hydrogen-bond donors (Lipinski definition) is 0. The summed E-state index contributed by atoms with van der Waals surface area (Å²) in [4.78, 5) is 53.0. The van der Waals surface area contributed by atoms with E-state index in [-0.39, 0.29) is 23.5 Å². The van der Waals surface area contributed by atoms with Crippen molar-refractivity contribution in [2.75, 3.05) is 7.11 Å². The first-order valence-electron chi connectivity index (χ1n) is 7.37. The van der Waals surface area contributed by atoms with Gasteiger partial charge in [0.2, 0.25) is 0 Å². The SMILES string of the molecule is COC(=O)[C@@H]1O[C@@H](C(=O)ON2C(=O)c3ccccc3C2=O)C[C@H]1C. The molecule has 1 saturated heterocycles. The average molecular weight is 333 g/mol. The lowest BCUT2D eigenvalue weighted by Gasteiger charge is -2.16. The third-order valence-electron chi connectivity index (χ3n) is 4.05. The minimum atomic E-state index is -1.05. The molecular weight excluding hydrogens is 318 g/mol. The summed E-state index contributed by atoms with van der Waals surface area (Å²) in [5, 5.41) is 0.423. The number of carbonyl (C=O) groups is 4. The van der Waals surface area contributed by atoms with Crippen LogP contribution in [0.4, 0.5) is 0 Å². The van der Waals surface area contributed by atoms with Crippen LogP contribution in [0.25, 0.3) is 0 Å². The van der Waals surface area contributed by atoms with Crippen molar-refractivity contribution in [3.8, 4) is 0 Å². The van der Waals surface area contributed by atoms with Crippen LogP contribution in [0.5, 0.6) is 0 Å². The molecule has 2 aliphatic heterocycles. The molecule has 0 aliphatic carbocycles. The number of ether oxygens (including phenoxy) is 2. The summed E-state index contributed by atoms with van der Waals surface area (Å²) in [5.74, 6) is -3.16. The molecule has 3 rings (SSSR count). The fraction of sp³-hybridized carbons (Fsp3) is 0.375. The van der Waals surface area contributed by atoms with Crippen LogP contribution in [0.1, 0.15) is 34.1 Å². The Labute approximate surface area is 137 Å². The van der Waals surface area contributed by atoms with Gasteiger partial charge in [0.25, 0.3) is 11.8 Å². The molecule has 1 aromatic carbocycles. The van der Waals surface area contributed by atoms with Gasteiger partial charge in [-0.25, -0.2) is 9.59 Å². The van der Waals surface area contributed by atoms with Crippen LogP contribution in [0, 0.1) is 5.92 Å². The Kier molecular flexibility index (Phi) is 4.06. The van der Waals surface area contributed by atoms with E-state index < -0.39 is 36.0 Å². The van der Waals surface area contributed by atoms with E-state index >= 15 is 0 Å². The Morgan fingerprint density at radius 2 is 1.71 bits per heavy atom. The Morgan fingerprint density at radius 3 is 2.25 bits per heavy atom. The second-order valence-electron chi connectivity index (χ2n) is 5.64. The van der Waals surface area contributed by atoms with Gasteiger partial charge in [-0.2, -0.15) is 0 Å². The highest BCUT2D eigenvalue weighted by Crippen LogP contribution is 2.29. The zero-order valence-electron chi connectivity index (χ0n) is 13.1. The molecule has 126 valence electrons. The molecule has 0 unspecified atom stereocenters. The highest BCUT2D eigenvalue weighted by Gasteiger charge is 2.45. The molecule has 24 heavy (non-hydrogen) atoms. The second-order valence-corrected chi connectivity index (χ2v) is 5.64. The first-order chi connectivity index (χ1) is 11.4. The van der Waals surface area contributed by atoms with Crippen LogP contribution in [0.2, 0.25) is 0 Å². The van der Waals surface area contributed by atoms with Crippen LogP contribution < -0.4 is 0 Å². The largest absolute Gasteiger partial charge is 0.467 e. The average Bonchev–Trinajstić information content (AvgIpc) is 3.08. The minimum Gasteiger partial charge on any atom is -0.467 e. The predicted octanol–water partition coefficient (Wildman–Crippen LogP) is 0.707. The number of hydroxylamine groups is 2. The first-order valence-corrected chi connectivity index (χ1v) is 7.37. The smallest absolute Gasteiger partial charge is 0.361 e. The molecule has 1 fully saturated rings. The number of amides is 2. The van der Waals surface area contributed by atoms with Crippen LogP contribution >= 0.6 is 0 Å². The summed E-state index contributed by atoms with van der Waals surface area (Å²) in [6.45, 7) is 1.73. The van der Waals surface area contributed by atoms with Crippen LogP contribution in [0.15, 0.2) is 24.3 Å². The van der Waals surface area contributed by atoms with E-state index in [1.54, 1.807) is 19.1 Å². The third-order valence-corrected chi connectivity index (χ3v) is 4.05. The van der Waals surface area contributed by atoms with E-state index in [4.69, 9.17) is 9.57 Å². The maximum Gasteiger partial charge on any atom is 0.361 e. The number of benzene rings is 1. The van der Waals surface area contributed by atoms with Gasteiger partial charge in [0.15, 0.2) is 12.2 Å². The van der Waals surface area contributed by atoms with Gasteiger partial charge in [-0.05, 0) is 24.5 Å². The highest BCUT2D eigenvalue weighted by atomic mass is 16.7. The maximum absolute atomic E-state index is 12.2. The molecule has 2 amide bonds. The Balaban J connectivity index is 1.70. The number of methoxy groups -OCH3 is 1. The van der Waals surface area contributed by atoms with Crippen molar-refractivity contribution in [2.45, 2.75) is 25.6 Å². The summed E-state index contributed by atoms with van der Waals surface area (Å²) in [7, 11) is 1.23. The quantitative estimate of drug-likeness (QED) is 0.593. The summed E-state index contributed by atoms with van der Waals surface area (Å²) >= 11 is 0. The van der Waals surface area contributed by atoms with Gasteiger partial charge in [-0.3, -0.25) is 9.59 Å². The number of carbonyl (C=O) groups excluding carboxylic acids is 4. The van der Waals surface area contributed by atoms with Gasteiger partial charge in [0, 0.05) is 0 Å². The van der Waals surface area contributed by atoms with E-state index in [0.717, 1.165) is 0 Å². The van der Waals surface area contributed by atoms with Gasteiger partial charge in [0.05, 0.1) is 18.2 Å². The highest BCUT2D eigenvalue weighted by molar-refractivity contribution is 6.20. The summed E-state index contributed by atoms with van der Waals surface area (Å²) in [6, 6.07) is 6.17. The molecule has 2 heterocycles. The fourth-order valence-electron chi connectivity index (χ4n) is 2.78. The molecule has 0 spiro atoms. The van der Waals surface area contributed by atoms with E-state index in [1.165, 1.54) is 19.2 Å². The van der Waals surface area contributed by atoms with Gasteiger partial charge in [-0.15, -0.1) is 0 Å². The molecule has 0 bridgehead atoms. The number of imide groups is 1. The summed E-state index contributed by atoms with van der Waals surface area (Å²) < 4.78 is 9.96. The van der Waals surface area contributed by atoms with Crippen LogP contribution in [-0.4, -0.2) is 48.1 Å². The molecule has 0 saturated carbocycles. The molecule has 0 N–H and O–H groups in total. The first kappa shape index (κ1) is 16.1. The molecule has 8 heteroatoms. The zero-order chi connectivity index (χ0) is 17.4. The summed E-state index contributed by atoms with van der Waals surface area (Å²) in [5.41, 5.74) is 0.340. The van der Waals surface area contributed by atoms with E-state index in [9.17, 15) is 19.2 Å². The number of rotatable bonds is 3. The number of nitrogens with zero attached hydrogens (tertiary/aromatic N) is 1. The molecule has 1 aromatic rings. The van der Waals surface area contributed by atoms with Crippen molar-refractivity contribution in [2.24, 2.45) is 5.92 Å². The minimum absolute atomic E-state index is 0.170. The third kappa shape index (κ3) is 2.54. The normalized spacial score (nSPS) is 25.6. The number of hydrogen-bond acceptors (Lipinski definition) is 7. The Bertz CT molecular complexity index is 694. The van der Waals surface area contributed by atoms with Crippen LogP contribution in [0.3, 0.4) is 0 Å². The van der Waals surface area contributed by atoms with Crippen molar-refractivity contribution < 1.29 is 33.5 Å². The van der Waals surface area contributed by atoms with Crippen molar-refractivity contribution in [3.05, 3.63) is 35.4 Å².